The predicted molar refractivity (Wildman–Crippen MR) is 166 cm³/mol. The van der Waals surface area contributed by atoms with E-state index in [1.165, 1.54) is 43.5 Å². The lowest BCUT2D eigenvalue weighted by molar-refractivity contribution is -0.121. The molecule has 2 heterocycles. The highest BCUT2D eigenvalue weighted by molar-refractivity contribution is 5.75. The summed E-state index contributed by atoms with van der Waals surface area (Å²) >= 11 is 0. The first-order valence-electron chi connectivity index (χ1n) is 15.5. The average Bonchev–Trinajstić information content (AvgIpc) is 3.69. The van der Waals surface area contributed by atoms with Gasteiger partial charge in [-0.25, -0.2) is 9.97 Å². The van der Waals surface area contributed by atoms with Gasteiger partial charge in [0.05, 0.1) is 12.6 Å². The Hall–Kier alpha value is -3.01. The normalized spacial score (nSPS) is 12.5. The van der Waals surface area contributed by atoms with E-state index in [2.05, 4.69) is 85.0 Å². The minimum absolute atomic E-state index is 0.116. The minimum atomic E-state index is 0.116. The number of amides is 1. The number of imidazole rings is 2. The third kappa shape index (κ3) is 11.8. The summed E-state index contributed by atoms with van der Waals surface area (Å²) in [6.07, 6.45) is 12.6. The summed E-state index contributed by atoms with van der Waals surface area (Å²) < 4.78 is 0. The molecule has 1 unspecified atom stereocenters. The minimum Gasteiger partial charge on any atom is -0.356 e. The molecule has 9 nitrogen and oxygen atoms in total. The lowest BCUT2D eigenvalue weighted by Crippen LogP contribution is -2.32. The zero-order valence-corrected chi connectivity index (χ0v) is 25.7. The Labute approximate surface area is 247 Å². The van der Waals surface area contributed by atoms with Crippen molar-refractivity contribution in [3.63, 3.8) is 0 Å². The quantitative estimate of drug-likeness (QED) is 0.155. The van der Waals surface area contributed by atoms with Crippen LogP contribution in [-0.4, -0.2) is 79.8 Å². The Kier molecular flexibility index (Phi) is 14.6. The number of carbonyl (C=O) groups excluding carboxylic acids is 1. The second kappa shape index (κ2) is 18.4. The van der Waals surface area contributed by atoms with Gasteiger partial charge in [-0.3, -0.25) is 14.6 Å². The number of hydrogen-bond acceptors (Lipinski definition) is 6. The van der Waals surface area contributed by atoms with Crippen LogP contribution in [0.5, 0.6) is 0 Å². The lowest BCUT2D eigenvalue weighted by Gasteiger charge is -2.27. The SMILES string of the molecule is CCCN(CCC)CCCCN(CCC(=O)NCC)Cc1ccc(CN(Cc2ncc[nH]2)C(C)c2ncc[nH]2)cc1. The zero-order valence-electron chi connectivity index (χ0n) is 25.7. The number of nitrogens with one attached hydrogen (secondary N) is 3. The monoisotopic (exact) mass is 564 g/mol. The van der Waals surface area contributed by atoms with Gasteiger partial charge < -0.3 is 20.2 Å². The molecule has 1 atom stereocenters. The maximum Gasteiger partial charge on any atom is 0.221 e. The molecule has 41 heavy (non-hydrogen) atoms. The van der Waals surface area contributed by atoms with Gasteiger partial charge in [0, 0.05) is 57.4 Å². The Morgan fingerprint density at radius 1 is 0.805 bits per heavy atom. The molecule has 2 aromatic heterocycles. The van der Waals surface area contributed by atoms with Gasteiger partial charge >= 0.3 is 0 Å². The van der Waals surface area contributed by atoms with Crippen LogP contribution in [0.15, 0.2) is 49.1 Å². The van der Waals surface area contributed by atoms with Gasteiger partial charge in [0.15, 0.2) is 0 Å². The fraction of sp³-hybridized carbons (Fsp3) is 0.594. The molecule has 0 saturated heterocycles. The lowest BCUT2D eigenvalue weighted by atomic mass is 10.1. The van der Waals surface area contributed by atoms with Crippen LogP contribution in [0.4, 0.5) is 0 Å². The Bertz CT molecular complexity index is 1060. The van der Waals surface area contributed by atoms with Crippen molar-refractivity contribution in [2.75, 3.05) is 39.3 Å². The average molecular weight is 565 g/mol. The maximum atomic E-state index is 12.2. The number of H-pyrrole nitrogens is 2. The molecule has 0 aliphatic rings. The van der Waals surface area contributed by atoms with E-state index in [0.717, 1.165) is 50.8 Å². The van der Waals surface area contributed by atoms with Crippen molar-refractivity contribution in [1.82, 2.24) is 40.0 Å². The number of carbonyl (C=O) groups is 1. The van der Waals surface area contributed by atoms with Crippen LogP contribution in [0.2, 0.25) is 0 Å². The molecule has 0 aliphatic heterocycles. The van der Waals surface area contributed by atoms with Crippen LogP contribution < -0.4 is 5.32 Å². The molecule has 0 bridgehead atoms. The predicted octanol–water partition coefficient (Wildman–Crippen LogP) is 5.13. The van der Waals surface area contributed by atoms with Gasteiger partial charge in [0.2, 0.25) is 5.91 Å². The van der Waals surface area contributed by atoms with E-state index >= 15 is 0 Å². The molecule has 226 valence electrons. The molecule has 9 heteroatoms. The smallest absolute Gasteiger partial charge is 0.221 e. The number of unbranched alkanes of at least 4 members (excludes halogenated alkanes) is 1. The second-order valence-corrected chi connectivity index (χ2v) is 10.9. The highest BCUT2D eigenvalue weighted by Crippen LogP contribution is 2.22. The summed E-state index contributed by atoms with van der Waals surface area (Å²) in [5.41, 5.74) is 2.53. The van der Waals surface area contributed by atoms with Gasteiger partial charge in [-0.2, -0.15) is 0 Å². The Balaban J connectivity index is 1.60. The van der Waals surface area contributed by atoms with Crippen molar-refractivity contribution in [3.05, 3.63) is 71.8 Å². The summed E-state index contributed by atoms with van der Waals surface area (Å²) in [5, 5.41) is 2.95. The molecule has 0 fully saturated rings. The maximum absolute atomic E-state index is 12.2. The number of hydrogen-bond donors (Lipinski definition) is 3. The number of aromatic nitrogens is 4. The van der Waals surface area contributed by atoms with Crippen LogP contribution in [-0.2, 0) is 24.4 Å². The fourth-order valence-electron chi connectivity index (χ4n) is 5.28. The van der Waals surface area contributed by atoms with Crippen molar-refractivity contribution in [1.29, 1.82) is 0 Å². The van der Waals surface area contributed by atoms with Gasteiger partial charge in [0.25, 0.3) is 0 Å². The van der Waals surface area contributed by atoms with Gasteiger partial charge in [-0.1, -0.05) is 38.1 Å². The van der Waals surface area contributed by atoms with E-state index in [-0.39, 0.29) is 11.9 Å². The first kappa shape index (κ1) is 32.5. The second-order valence-electron chi connectivity index (χ2n) is 10.9. The summed E-state index contributed by atoms with van der Waals surface area (Å²) in [4.78, 5) is 35.0. The number of aromatic amines is 2. The Morgan fingerprint density at radius 3 is 2.02 bits per heavy atom. The van der Waals surface area contributed by atoms with E-state index in [1.54, 1.807) is 12.4 Å². The molecule has 0 radical (unpaired) electrons. The van der Waals surface area contributed by atoms with Crippen LogP contribution in [0.25, 0.3) is 0 Å². The Morgan fingerprint density at radius 2 is 1.44 bits per heavy atom. The van der Waals surface area contributed by atoms with Crippen molar-refractivity contribution in [3.8, 4) is 0 Å². The molecule has 3 aromatic rings. The van der Waals surface area contributed by atoms with Crippen LogP contribution >= 0.6 is 0 Å². The molecule has 0 aliphatic carbocycles. The number of nitrogens with zero attached hydrogens (tertiary/aromatic N) is 5. The van der Waals surface area contributed by atoms with Crippen molar-refractivity contribution in [2.24, 2.45) is 0 Å². The highest BCUT2D eigenvalue weighted by Gasteiger charge is 2.20. The van der Waals surface area contributed by atoms with E-state index < -0.39 is 0 Å². The van der Waals surface area contributed by atoms with E-state index in [4.69, 9.17) is 0 Å². The molecule has 0 saturated carbocycles. The van der Waals surface area contributed by atoms with E-state index in [1.807, 2.05) is 19.3 Å². The third-order valence-electron chi connectivity index (χ3n) is 7.49. The van der Waals surface area contributed by atoms with Crippen LogP contribution in [0.1, 0.15) is 88.6 Å². The van der Waals surface area contributed by atoms with Gasteiger partial charge in [-0.15, -0.1) is 0 Å². The van der Waals surface area contributed by atoms with Gasteiger partial charge in [-0.05, 0) is 76.8 Å². The number of benzene rings is 1. The van der Waals surface area contributed by atoms with Crippen LogP contribution in [0, 0.1) is 0 Å². The molecule has 1 aromatic carbocycles. The first-order chi connectivity index (χ1) is 20.0. The molecular weight excluding hydrogens is 512 g/mol. The standard InChI is InChI=1S/C32H52N8O/c1-5-19-38(20-6-2)21-8-9-22-39(23-14-31(41)33-7-3)24-28-10-12-29(13-11-28)25-40(26-30-34-15-16-35-30)27(4)32-36-17-18-37-32/h10-13,15-18,27H,5-9,14,19-26H2,1-4H3,(H,33,41)(H,34,35)(H,36,37). The van der Waals surface area contributed by atoms with Gasteiger partial charge in [0.1, 0.15) is 11.6 Å². The molecular formula is C32H52N8O. The zero-order chi connectivity index (χ0) is 29.3. The molecule has 3 rings (SSSR count). The largest absolute Gasteiger partial charge is 0.356 e. The number of rotatable bonds is 21. The summed E-state index contributed by atoms with van der Waals surface area (Å²) in [6.45, 7) is 17.0. The summed E-state index contributed by atoms with van der Waals surface area (Å²) in [5.74, 6) is 2.02. The summed E-state index contributed by atoms with van der Waals surface area (Å²) in [7, 11) is 0. The van der Waals surface area contributed by atoms with Crippen LogP contribution in [0.3, 0.4) is 0 Å². The first-order valence-corrected chi connectivity index (χ1v) is 15.5. The highest BCUT2D eigenvalue weighted by atomic mass is 16.1. The van der Waals surface area contributed by atoms with E-state index in [9.17, 15) is 4.79 Å². The molecule has 1 amide bonds. The fourth-order valence-corrected chi connectivity index (χ4v) is 5.28. The molecule has 3 N–H and O–H groups in total. The van der Waals surface area contributed by atoms with E-state index in [0.29, 0.717) is 19.5 Å². The van der Waals surface area contributed by atoms with Crippen molar-refractivity contribution < 1.29 is 4.79 Å². The topological polar surface area (TPSA) is 96.2 Å². The third-order valence-corrected chi connectivity index (χ3v) is 7.49. The summed E-state index contributed by atoms with van der Waals surface area (Å²) in [6, 6.07) is 9.05. The van der Waals surface area contributed by atoms with Crippen molar-refractivity contribution >= 4 is 5.91 Å². The molecule has 0 spiro atoms. The van der Waals surface area contributed by atoms with Crippen molar-refractivity contribution in [2.45, 2.75) is 85.5 Å².